The summed E-state index contributed by atoms with van der Waals surface area (Å²) in [6.45, 7) is 1.50. The van der Waals surface area contributed by atoms with Crippen molar-refractivity contribution in [2.24, 2.45) is 0 Å². The molecule has 0 aliphatic heterocycles. The van der Waals surface area contributed by atoms with Gasteiger partial charge < -0.3 is 14.5 Å². The van der Waals surface area contributed by atoms with Crippen LogP contribution < -0.4 is 0 Å². The topological polar surface area (TPSA) is 83.8 Å². The molecule has 0 heterocycles. The minimum Gasteiger partial charge on any atom is -0.452 e. The maximum absolute atomic E-state index is 10.6. The van der Waals surface area contributed by atoms with Crippen LogP contribution in [0.5, 0.6) is 0 Å². The normalized spacial score (nSPS) is 14.2. The van der Waals surface area contributed by atoms with Crippen molar-refractivity contribution in [3.05, 3.63) is 0 Å². The van der Waals surface area contributed by atoms with E-state index in [1.165, 1.54) is 6.92 Å². The van der Waals surface area contributed by atoms with E-state index in [0.29, 0.717) is 0 Å². The van der Waals surface area contributed by atoms with E-state index in [1.54, 1.807) is 0 Å². The van der Waals surface area contributed by atoms with Crippen LogP contribution in [0, 0.1) is 0 Å². The second-order valence-corrected chi connectivity index (χ2v) is 4.83. The van der Waals surface area contributed by atoms with E-state index in [-0.39, 0.29) is 0 Å². The molecule has 0 saturated carbocycles. The first-order valence-corrected chi connectivity index (χ1v) is 5.39. The molecule has 0 spiro atoms. The number of halogens is 1. The summed E-state index contributed by atoms with van der Waals surface area (Å²) in [6.07, 6.45) is -0.859. The van der Waals surface area contributed by atoms with E-state index in [4.69, 9.17) is 9.79 Å². The van der Waals surface area contributed by atoms with Gasteiger partial charge in [0.25, 0.3) is 0 Å². The van der Waals surface area contributed by atoms with Gasteiger partial charge >= 0.3 is 13.6 Å². The Hall–Kier alpha value is 0.1000. The summed E-state index contributed by atoms with van der Waals surface area (Å²) in [5, 5.41) is 0. The molecule has 2 N–H and O–H groups in total. The van der Waals surface area contributed by atoms with E-state index >= 15 is 0 Å². The van der Waals surface area contributed by atoms with Crippen LogP contribution in [0.4, 0.5) is 0 Å². The molecule has 5 nitrogen and oxygen atoms in total. The number of carbonyl (C=O) groups excluding carboxylic acids is 1. The third-order valence-electron chi connectivity index (χ3n) is 0.700. The standard InChI is InChI=1S/C4H8BrO5P/c1-3(5)4(6)10-2-11(7,8)9/h3H,2H2,1H3,(H2,7,8,9). The first kappa shape index (κ1) is 11.1. The van der Waals surface area contributed by atoms with Crippen LogP contribution in [-0.2, 0) is 14.1 Å². The number of esters is 1. The fourth-order valence-electron chi connectivity index (χ4n) is 0.263. The molecule has 0 fully saturated rings. The molecule has 1 atom stereocenters. The summed E-state index contributed by atoms with van der Waals surface area (Å²) in [5.74, 6) is -0.687. The summed E-state index contributed by atoms with van der Waals surface area (Å²) in [6, 6.07) is 0. The fourth-order valence-corrected chi connectivity index (χ4v) is 0.690. The number of hydrogen-bond acceptors (Lipinski definition) is 3. The number of ether oxygens (including phenoxy) is 1. The molecule has 66 valence electrons. The first-order chi connectivity index (χ1) is 4.83. The average molecular weight is 247 g/mol. The van der Waals surface area contributed by atoms with Crippen LogP contribution in [0.3, 0.4) is 0 Å². The van der Waals surface area contributed by atoms with Crippen LogP contribution in [0.1, 0.15) is 6.92 Å². The van der Waals surface area contributed by atoms with Gasteiger partial charge in [-0.3, -0.25) is 9.36 Å². The molecule has 0 aliphatic rings. The van der Waals surface area contributed by atoms with Gasteiger partial charge in [-0.05, 0) is 6.92 Å². The number of hydrogen-bond donors (Lipinski definition) is 2. The zero-order valence-electron chi connectivity index (χ0n) is 5.73. The van der Waals surface area contributed by atoms with E-state index in [2.05, 4.69) is 20.7 Å². The highest BCUT2D eigenvalue weighted by atomic mass is 79.9. The van der Waals surface area contributed by atoms with Crippen molar-refractivity contribution in [3.63, 3.8) is 0 Å². The Bertz CT molecular complexity index is 185. The zero-order valence-corrected chi connectivity index (χ0v) is 8.21. The molecule has 0 aromatic heterocycles. The van der Waals surface area contributed by atoms with Crippen molar-refractivity contribution in [1.29, 1.82) is 0 Å². The van der Waals surface area contributed by atoms with Gasteiger partial charge in [0.05, 0.1) is 0 Å². The summed E-state index contributed by atoms with van der Waals surface area (Å²) < 4.78 is 14.4. The van der Waals surface area contributed by atoms with Gasteiger partial charge in [-0.1, -0.05) is 15.9 Å². The molecule has 7 heteroatoms. The summed E-state index contributed by atoms with van der Waals surface area (Å²) in [5.41, 5.74) is 0. The molecule has 0 bridgehead atoms. The van der Waals surface area contributed by atoms with Crippen molar-refractivity contribution in [2.75, 3.05) is 6.35 Å². The SMILES string of the molecule is CC(Br)C(=O)OCP(=O)(O)O. The van der Waals surface area contributed by atoms with E-state index in [1.807, 2.05) is 0 Å². The lowest BCUT2D eigenvalue weighted by atomic mass is 10.5. The summed E-state index contributed by atoms with van der Waals surface area (Å²) >= 11 is 2.88. The number of carbonyl (C=O) groups is 1. The smallest absolute Gasteiger partial charge is 0.362 e. The van der Waals surface area contributed by atoms with Crippen LogP contribution in [0.15, 0.2) is 0 Å². The third-order valence-corrected chi connectivity index (χ3v) is 1.54. The lowest BCUT2D eigenvalue weighted by Gasteiger charge is -2.06. The molecule has 11 heavy (non-hydrogen) atoms. The monoisotopic (exact) mass is 246 g/mol. The summed E-state index contributed by atoms with van der Waals surface area (Å²) in [7, 11) is -4.22. The third kappa shape index (κ3) is 6.50. The molecule has 0 aliphatic carbocycles. The Kier molecular flexibility index (Phi) is 4.25. The Morgan fingerprint density at radius 1 is 1.73 bits per heavy atom. The van der Waals surface area contributed by atoms with Gasteiger partial charge in [0, 0.05) is 0 Å². The quantitative estimate of drug-likeness (QED) is 0.429. The highest BCUT2D eigenvalue weighted by molar-refractivity contribution is 9.10. The highest BCUT2D eigenvalue weighted by Crippen LogP contribution is 2.34. The van der Waals surface area contributed by atoms with Crippen LogP contribution in [0.2, 0.25) is 0 Å². The largest absolute Gasteiger partial charge is 0.452 e. The summed E-state index contributed by atoms with van der Waals surface area (Å²) in [4.78, 5) is 26.6. The molecular weight excluding hydrogens is 239 g/mol. The molecule has 0 amide bonds. The molecule has 0 rings (SSSR count). The lowest BCUT2D eigenvalue weighted by Crippen LogP contribution is -2.14. The zero-order chi connectivity index (χ0) is 9.07. The first-order valence-electron chi connectivity index (χ1n) is 2.68. The van der Waals surface area contributed by atoms with Gasteiger partial charge in [-0.15, -0.1) is 0 Å². The van der Waals surface area contributed by atoms with Crippen LogP contribution in [0.25, 0.3) is 0 Å². The second kappa shape index (κ2) is 4.21. The molecular formula is C4H8BrO5P. The maximum Gasteiger partial charge on any atom is 0.362 e. The molecule has 0 aromatic rings. The van der Waals surface area contributed by atoms with Gasteiger partial charge in [-0.2, -0.15) is 0 Å². The van der Waals surface area contributed by atoms with E-state index in [9.17, 15) is 9.36 Å². The minimum absolute atomic E-state index is 0.547. The predicted octanol–water partition coefficient (Wildman–Crippen LogP) is 0.448. The maximum atomic E-state index is 10.6. The second-order valence-electron chi connectivity index (χ2n) is 1.87. The van der Waals surface area contributed by atoms with E-state index in [0.717, 1.165) is 0 Å². The molecule has 0 aromatic carbocycles. The highest BCUT2D eigenvalue weighted by Gasteiger charge is 2.18. The van der Waals surface area contributed by atoms with Gasteiger partial charge in [-0.25, -0.2) is 0 Å². The van der Waals surface area contributed by atoms with Gasteiger partial charge in [0.1, 0.15) is 4.83 Å². The molecule has 1 unspecified atom stereocenters. The van der Waals surface area contributed by atoms with Crippen LogP contribution in [-0.4, -0.2) is 26.9 Å². The van der Waals surface area contributed by atoms with Crippen molar-refractivity contribution < 1.29 is 23.9 Å². The minimum atomic E-state index is -4.22. The Labute approximate surface area is 72.0 Å². The molecule has 0 saturated heterocycles. The Morgan fingerprint density at radius 2 is 2.18 bits per heavy atom. The van der Waals surface area contributed by atoms with Gasteiger partial charge in [0.15, 0.2) is 6.35 Å². The van der Waals surface area contributed by atoms with Crippen molar-refractivity contribution in [1.82, 2.24) is 0 Å². The lowest BCUT2D eigenvalue weighted by molar-refractivity contribution is -0.140. The van der Waals surface area contributed by atoms with E-state index < -0.39 is 24.7 Å². The predicted molar refractivity (Wildman–Crippen MR) is 41.4 cm³/mol. The fraction of sp³-hybridized carbons (Fsp3) is 0.750. The van der Waals surface area contributed by atoms with Gasteiger partial charge in [0.2, 0.25) is 0 Å². The van der Waals surface area contributed by atoms with Crippen molar-refractivity contribution >= 4 is 29.5 Å². The number of alkyl halides is 1. The van der Waals surface area contributed by atoms with Crippen molar-refractivity contribution in [3.8, 4) is 0 Å². The Balaban J connectivity index is 3.73. The molecule has 0 radical (unpaired) electrons. The average Bonchev–Trinajstić information content (AvgIpc) is 1.80. The van der Waals surface area contributed by atoms with Crippen LogP contribution >= 0.6 is 23.5 Å². The Morgan fingerprint density at radius 3 is 2.45 bits per heavy atom. The number of rotatable bonds is 3. The van der Waals surface area contributed by atoms with Crippen molar-refractivity contribution in [2.45, 2.75) is 11.8 Å².